The Hall–Kier alpha value is -1.24. The van der Waals surface area contributed by atoms with Crippen LogP contribution < -0.4 is 0 Å². The van der Waals surface area contributed by atoms with E-state index in [4.69, 9.17) is 21.4 Å². The van der Waals surface area contributed by atoms with Crippen LogP contribution in [0.25, 0.3) is 10.9 Å². The van der Waals surface area contributed by atoms with Crippen molar-refractivity contribution in [1.82, 2.24) is 9.47 Å². The van der Waals surface area contributed by atoms with Crippen LogP contribution in [0.5, 0.6) is 0 Å². The second-order valence-electron chi connectivity index (χ2n) is 5.01. The molecule has 0 spiro atoms. The van der Waals surface area contributed by atoms with E-state index in [0.717, 1.165) is 15.4 Å². The van der Waals surface area contributed by atoms with Gasteiger partial charge in [-0.15, -0.1) is 0 Å². The summed E-state index contributed by atoms with van der Waals surface area (Å²) in [5.41, 5.74) is 1.04. The lowest BCUT2D eigenvalue weighted by atomic mass is 10.2. The smallest absolute Gasteiger partial charge is 0.407 e. The molecule has 0 radical (unpaired) electrons. The van der Waals surface area contributed by atoms with Gasteiger partial charge >= 0.3 is 6.09 Å². The van der Waals surface area contributed by atoms with Gasteiger partial charge in [0.25, 0.3) is 0 Å². The fraction of sp³-hybridized carbons (Fsp3) is 0.357. The third kappa shape index (κ3) is 3.02. The number of ether oxygens (including phenoxy) is 1. The minimum absolute atomic E-state index is 0.145. The Morgan fingerprint density at radius 2 is 2.33 bits per heavy atom. The second-order valence-corrected chi connectivity index (χ2v) is 6.31. The predicted molar refractivity (Wildman–Crippen MR) is 84.0 cm³/mol. The number of benzene rings is 1. The largest absolute Gasteiger partial charge is 0.465 e. The van der Waals surface area contributed by atoms with E-state index in [1.54, 1.807) is 0 Å². The first kappa shape index (κ1) is 14.7. The summed E-state index contributed by atoms with van der Waals surface area (Å²) in [5, 5.41) is 10.8. The highest BCUT2D eigenvalue weighted by Crippen LogP contribution is 2.29. The summed E-state index contributed by atoms with van der Waals surface area (Å²) in [6, 6.07) is 5.75. The van der Waals surface area contributed by atoms with Crippen molar-refractivity contribution < 1.29 is 14.6 Å². The van der Waals surface area contributed by atoms with Gasteiger partial charge in [-0.05, 0) is 34.1 Å². The highest BCUT2D eigenvalue weighted by molar-refractivity contribution is 9.10. The quantitative estimate of drug-likeness (QED) is 0.877. The molecular weight excluding hydrogens is 360 g/mol. The van der Waals surface area contributed by atoms with Gasteiger partial charge in [-0.3, -0.25) is 0 Å². The molecule has 112 valence electrons. The fourth-order valence-corrected chi connectivity index (χ4v) is 3.70. The van der Waals surface area contributed by atoms with Crippen LogP contribution in [0.4, 0.5) is 4.79 Å². The average molecular weight is 374 g/mol. The summed E-state index contributed by atoms with van der Waals surface area (Å²) < 4.78 is 8.66. The first-order valence-corrected chi connectivity index (χ1v) is 7.75. The summed E-state index contributed by atoms with van der Waals surface area (Å²) >= 11 is 9.57. The molecule has 3 rings (SSSR count). The maximum Gasteiger partial charge on any atom is 0.407 e. The molecule has 1 aliphatic heterocycles. The molecule has 0 bridgehead atoms. The first-order chi connectivity index (χ1) is 10.0. The third-order valence-corrected chi connectivity index (χ3v) is 4.41. The minimum atomic E-state index is -0.895. The van der Waals surface area contributed by atoms with E-state index in [0.29, 0.717) is 31.3 Å². The molecule has 1 aromatic heterocycles. The Balaban J connectivity index is 1.83. The Labute approximate surface area is 135 Å². The van der Waals surface area contributed by atoms with Gasteiger partial charge in [-0.2, -0.15) is 0 Å². The number of halogens is 2. The maximum atomic E-state index is 11.0. The normalized spacial score (nSPS) is 19.1. The zero-order chi connectivity index (χ0) is 15.0. The van der Waals surface area contributed by atoms with Crippen molar-refractivity contribution in [3.63, 3.8) is 0 Å². The monoisotopic (exact) mass is 372 g/mol. The Morgan fingerprint density at radius 3 is 3.10 bits per heavy atom. The molecular formula is C14H14BrClN2O3. The number of aromatic nitrogens is 1. The summed E-state index contributed by atoms with van der Waals surface area (Å²) in [5.74, 6) is 0. The van der Waals surface area contributed by atoms with E-state index >= 15 is 0 Å². The van der Waals surface area contributed by atoms with Crippen LogP contribution in [0.1, 0.15) is 0 Å². The van der Waals surface area contributed by atoms with Crippen molar-refractivity contribution in [3.05, 3.63) is 33.9 Å². The van der Waals surface area contributed by atoms with Gasteiger partial charge in [-0.1, -0.05) is 11.6 Å². The predicted octanol–water partition coefficient (Wildman–Crippen LogP) is 3.44. The summed E-state index contributed by atoms with van der Waals surface area (Å²) in [6.45, 7) is 1.86. The molecule has 1 atom stereocenters. The number of amides is 1. The van der Waals surface area contributed by atoms with E-state index in [1.807, 2.05) is 24.4 Å². The van der Waals surface area contributed by atoms with E-state index in [2.05, 4.69) is 20.5 Å². The highest BCUT2D eigenvalue weighted by atomic mass is 79.9. The molecule has 0 saturated carbocycles. The van der Waals surface area contributed by atoms with Crippen LogP contribution in [0.2, 0.25) is 5.02 Å². The molecule has 2 heterocycles. The van der Waals surface area contributed by atoms with Gasteiger partial charge in [0.15, 0.2) is 0 Å². The molecule has 7 heteroatoms. The molecule has 5 nitrogen and oxygen atoms in total. The van der Waals surface area contributed by atoms with Gasteiger partial charge in [0.05, 0.1) is 31.3 Å². The maximum absolute atomic E-state index is 11.0. The Bertz CT molecular complexity index is 688. The molecule has 1 amide bonds. The van der Waals surface area contributed by atoms with E-state index in [9.17, 15) is 4.79 Å². The number of hydrogen-bond acceptors (Lipinski definition) is 2. The summed E-state index contributed by atoms with van der Waals surface area (Å²) in [7, 11) is 0. The minimum Gasteiger partial charge on any atom is -0.465 e. The average Bonchev–Trinajstić information content (AvgIpc) is 2.82. The van der Waals surface area contributed by atoms with Crippen molar-refractivity contribution >= 4 is 44.5 Å². The van der Waals surface area contributed by atoms with Crippen molar-refractivity contribution in [3.8, 4) is 0 Å². The van der Waals surface area contributed by atoms with Crippen LogP contribution in [0.3, 0.4) is 0 Å². The summed E-state index contributed by atoms with van der Waals surface area (Å²) in [6.07, 6.45) is 0.927. The topological polar surface area (TPSA) is 54.7 Å². The van der Waals surface area contributed by atoms with Crippen LogP contribution in [-0.2, 0) is 11.3 Å². The van der Waals surface area contributed by atoms with Gasteiger partial charge in [-0.25, -0.2) is 4.79 Å². The van der Waals surface area contributed by atoms with Crippen LogP contribution in [-0.4, -0.2) is 46.5 Å². The molecule has 0 aliphatic carbocycles. The van der Waals surface area contributed by atoms with Gasteiger partial charge < -0.3 is 19.3 Å². The van der Waals surface area contributed by atoms with Crippen LogP contribution in [0.15, 0.2) is 28.9 Å². The molecule has 1 saturated heterocycles. The number of carboxylic acid groups (broad SMARTS) is 1. The van der Waals surface area contributed by atoms with Crippen molar-refractivity contribution in [2.45, 2.75) is 12.6 Å². The van der Waals surface area contributed by atoms with Gasteiger partial charge in [0.1, 0.15) is 0 Å². The number of rotatable bonds is 2. The molecule has 1 fully saturated rings. The lowest BCUT2D eigenvalue weighted by molar-refractivity contribution is -0.0287. The van der Waals surface area contributed by atoms with Crippen molar-refractivity contribution in [2.24, 2.45) is 0 Å². The first-order valence-electron chi connectivity index (χ1n) is 6.58. The molecule has 1 aromatic carbocycles. The molecule has 2 aromatic rings. The van der Waals surface area contributed by atoms with Crippen molar-refractivity contribution in [1.29, 1.82) is 0 Å². The Kier molecular flexibility index (Phi) is 4.10. The van der Waals surface area contributed by atoms with E-state index in [-0.39, 0.29) is 6.10 Å². The second kappa shape index (κ2) is 5.87. The number of fused-ring (bicyclic) bond motifs is 1. The third-order valence-electron chi connectivity index (χ3n) is 3.59. The lowest BCUT2D eigenvalue weighted by Crippen LogP contribution is -2.46. The summed E-state index contributed by atoms with van der Waals surface area (Å²) in [4.78, 5) is 12.4. The van der Waals surface area contributed by atoms with E-state index < -0.39 is 6.09 Å². The zero-order valence-corrected chi connectivity index (χ0v) is 13.5. The number of nitrogens with zero attached hydrogens (tertiary/aromatic N) is 2. The Morgan fingerprint density at radius 1 is 1.52 bits per heavy atom. The SMILES string of the molecule is O=C(O)N1CCOC(Cn2ccc3cc(Cl)cc(Br)c32)C1. The van der Waals surface area contributed by atoms with Crippen molar-refractivity contribution in [2.75, 3.05) is 19.7 Å². The number of morpholine rings is 1. The van der Waals surface area contributed by atoms with Gasteiger partial charge in [0, 0.05) is 27.6 Å². The highest BCUT2D eigenvalue weighted by Gasteiger charge is 2.24. The molecule has 21 heavy (non-hydrogen) atoms. The lowest BCUT2D eigenvalue weighted by Gasteiger charge is -2.31. The molecule has 1 unspecified atom stereocenters. The molecule has 1 N–H and O–H groups in total. The fourth-order valence-electron chi connectivity index (χ4n) is 2.64. The van der Waals surface area contributed by atoms with Crippen LogP contribution >= 0.6 is 27.5 Å². The number of carbonyl (C=O) groups is 1. The van der Waals surface area contributed by atoms with Crippen LogP contribution in [0, 0.1) is 0 Å². The molecule has 1 aliphatic rings. The number of hydrogen-bond donors (Lipinski definition) is 1. The van der Waals surface area contributed by atoms with Gasteiger partial charge in [0.2, 0.25) is 0 Å². The van der Waals surface area contributed by atoms with E-state index in [1.165, 1.54) is 4.90 Å². The standard InChI is InChI=1S/C14H14BrClN2O3/c15-12-6-10(16)5-9-1-2-17(13(9)12)7-11-8-18(14(19)20)3-4-21-11/h1-2,5-6,11H,3-4,7-8H2,(H,19,20). The zero-order valence-electron chi connectivity index (χ0n) is 11.1.